The first-order valence-electron chi connectivity index (χ1n) is 8.23. The third-order valence-electron chi connectivity index (χ3n) is 4.69. The molecule has 5 nitrogen and oxygen atoms in total. The van der Waals surface area contributed by atoms with Crippen molar-refractivity contribution in [3.05, 3.63) is 35.9 Å². The number of aliphatic carboxylic acids is 1. The molecule has 126 valence electrons. The number of ether oxygens (including phenoxy) is 1. The number of carboxylic acid groups (broad SMARTS) is 1. The number of hydrogen-bond acceptors (Lipinski definition) is 3. The third-order valence-corrected chi connectivity index (χ3v) is 4.69. The lowest BCUT2D eigenvalue weighted by atomic mass is 9.66. The summed E-state index contributed by atoms with van der Waals surface area (Å²) in [5, 5.41) is 12.3. The predicted molar refractivity (Wildman–Crippen MR) is 87.2 cm³/mol. The highest BCUT2D eigenvalue weighted by molar-refractivity contribution is 5.84. The van der Waals surface area contributed by atoms with Crippen molar-refractivity contribution in [3.8, 4) is 0 Å². The van der Waals surface area contributed by atoms with E-state index in [1.54, 1.807) is 12.1 Å². The fourth-order valence-electron chi connectivity index (χ4n) is 3.02. The van der Waals surface area contributed by atoms with E-state index in [1.807, 2.05) is 25.1 Å². The van der Waals surface area contributed by atoms with Crippen LogP contribution in [0.4, 0.5) is 0 Å². The van der Waals surface area contributed by atoms with Crippen LogP contribution in [0.15, 0.2) is 30.3 Å². The van der Waals surface area contributed by atoms with Crippen LogP contribution in [-0.2, 0) is 14.3 Å². The third kappa shape index (κ3) is 4.32. The Hall–Kier alpha value is -1.88. The van der Waals surface area contributed by atoms with Crippen molar-refractivity contribution < 1.29 is 19.4 Å². The Morgan fingerprint density at radius 3 is 2.52 bits per heavy atom. The lowest BCUT2D eigenvalue weighted by Crippen LogP contribution is -2.47. The van der Waals surface area contributed by atoms with Crippen molar-refractivity contribution in [2.24, 2.45) is 5.41 Å². The molecule has 0 aliphatic heterocycles. The molecule has 1 aliphatic rings. The Kier molecular flexibility index (Phi) is 6.16. The van der Waals surface area contributed by atoms with Crippen LogP contribution in [0.1, 0.15) is 44.1 Å². The van der Waals surface area contributed by atoms with E-state index in [0.717, 1.165) is 19.3 Å². The zero-order valence-electron chi connectivity index (χ0n) is 13.6. The van der Waals surface area contributed by atoms with E-state index in [9.17, 15) is 14.7 Å². The molecule has 0 saturated heterocycles. The smallest absolute Gasteiger partial charge is 0.312 e. The van der Waals surface area contributed by atoms with Gasteiger partial charge < -0.3 is 15.2 Å². The summed E-state index contributed by atoms with van der Waals surface area (Å²) in [5.41, 5.74) is 0.340. The van der Waals surface area contributed by atoms with Gasteiger partial charge in [0.25, 0.3) is 0 Å². The first kappa shape index (κ1) is 17.5. The van der Waals surface area contributed by atoms with E-state index >= 15 is 0 Å². The minimum atomic E-state index is -0.923. The van der Waals surface area contributed by atoms with Crippen LogP contribution in [0.25, 0.3) is 0 Å². The van der Waals surface area contributed by atoms with Crippen LogP contribution in [0.3, 0.4) is 0 Å². The molecule has 2 N–H and O–H groups in total. The summed E-state index contributed by atoms with van der Waals surface area (Å²) < 4.78 is 5.37. The summed E-state index contributed by atoms with van der Waals surface area (Å²) in [6.07, 6.45) is 3.46. The minimum absolute atomic E-state index is 0.0364. The molecule has 1 amide bonds. The highest BCUT2D eigenvalue weighted by Crippen LogP contribution is 2.44. The molecule has 1 fully saturated rings. The van der Waals surface area contributed by atoms with Crippen LogP contribution in [0.2, 0.25) is 0 Å². The second-order valence-corrected chi connectivity index (χ2v) is 6.09. The molecule has 1 aromatic rings. The average molecular weight is 319 g/mol. The molecule has 2 rings (SSSR count). The van der Waals surface area contributed by atoms with Crippen molar-refractivity contribution in [2.45, 2.75) is 38.5 Å². The molecule has 0 heterocycles. The summed E-state index contributed by atoms with van der Waals surface area (Å²) in [7, 11) is 0. The molecule has 1 saturated carbocycles. The van der Waals surface area contributed by atoms with E-state index in [-0.39, 0.29) is 17.9 Å². The topological polar surface area (TPSA) is 75.6 Å². The highest BCUT2D eigenvalue weighted by atomic mass is 16.5. The number of benzene rings is 1. The number of amides is 1. The predicted octanol–water partition coefficient (Wildman–Crippen LogP) is 2.57. The zero-order chi connectivity index (χ0) is 16.7. The van der Waals surface area contributed by atoms with Crippen molar-refractivity contribution in [2.75, 3.05) is 19.8 Å². The van der Waals surface area contributed by atoms with E-state index in [2.05, 4.69) is 5.32 Å². The number of hydrogen-bond donors (Lipinski definition) is 2. The maximum Gasteiger partial charge on any atom is 0.312 e. The Labute approximate surface area is 137 Å². The van der Waals surface area contributed by atoms with Gasteiger partial charge in [0.1, 0.15) is 0 Å². The Bertz CT molecular complexity index is 525. The second kappa shape index (κ2) is 8.11. The number of carbonyl (C=O) groups is 2. The summed E-state index contributed by atoms with van der Waals surface area (Å²) in [4.78, 5) is 24.0. The van der Waals surface area contributed by atoms with Crippen molar-refractivity contribution in [1.82, 2.24) is 5.32 Å². The normalized spacial score (nSPS) is 17.1. The van der Waals surface area contributed by atoms with Gasteiger partial charge >= 0.3 is 5.97 Å². The fourth-order valence-corrected chi connectivity index (χ4v) is 3.02. The van der Waals surface area contributed by atoms with Gasteiger partial charge in [-0.15, -0.1) is 0 Å². The monoisotopic (exact) mass is 319 g/mol. The Morgan fingerprint density at radius 1 is 1.30 bits per heavy atom. The summed E-state index contributed by atoms with van der Waals surface area (Å²) in [5.74, 6) is -1.68. The minimum Gasteiger partial charge on any atom is -0.481 e. The lowest BCUT2D eigenvalue weighted by molar-refractivity contribution is -0.140. The highest BCUT2D eigenvalue weighted by Gasteiger charge is 2.43. The van der Waals surface area contributed by atoms with Crippen LogP contribution >= 0.6 is 0 Å². The van der Waals surface area contributed by atoms with Crippen LogP contribution in [-0.4, -0.2) is 36.7 Å². The molecule has 1 aromatic carbocycles. The van der Waals surface area contributed by atoms with Gasteiger partial charge in [0.15, 0.2) is 0 Å². The van der Waals surface area contributed by atoms with Crippen LogP contribution in [0, 0.1) is 5.41 Å². The molecular formula is C18H25NO4. The summed E-state index contributed by atoms with van der Waals surface area (Å²) in [6, 6.07) is 9.02. The molecule has 0 bridgehead atoms. The standard InChI is InChI=1S/C18H25NO4/c1-2-23-12-11-18(9-6-10-18)17(22)19-13-15(16(20)21)14-7-4-3-5-8-14/h3-5,7-8,15H,2,6,9-13H2,1H3,(H,19,22)(H,20,21). The van der Waals surface area contributed by atoms with Crippen molar-refractivity contribution in [1.29, 1.82) is 0 Å². The molecule has 1 aliphatic carbocycles. The Balaban J connectivity index is 1.94. The fraction of sp³-hybridized carbons (Fsp3) is 0.556. The lowest BCUT2D eigenvalue weighted by Gasteiger charge is -2.40. The number of rotatable bonds is 9. The first-order valence-corrected chi connectivity index (χ1v) is 8.23. The van der Waals surface area contributed by atoms with Crippen molar-refractivity contribution in [3.63, 3.8) is 0 Å². The maximum absolute atomic E-state index is 12.5. The number of carbonyl (C=O) groups excluding carboxylic acids is 1. The summed E-state index contributed by atoms with van der Waals surface area (Å²) in [6.45, 7) is 3.27. The van der Waals surface area contributed by atoms with Gasteiger partial charge in [0.05, 0.1) is 11.3 Å². The number of carboxylic acids is 1. The van der Waals surface area contributed by atoms with Gasteiger partial charge in [-0.05, 0) is 31.7 Å². The van der Waals surface area contributed by atoms with Gasteiger partial charge in [-0.3, -0.25) is 9.59 Å². The zero-order valence-corrected chi connectivity index (χ0v) is 13.6. The second-order valence-electron chi connectivity index (χ2n) is 6.09. The molecule has 1 unspecified atom stereocenters. The molecule has 5 heteroatoms. The molecule has 23 heavy (non-hydrogen) atoms. The van der Waals surface area contributed by atoms with Gasteiger partial charge in [-0.2, -0.15) is 0 Å². The van der Waals surface area contributed by atoms with Gasteiger partial charge in [0, 0.05) is 19.8 Å². The van der Waals surface area contributed by atoms with Gasteiger partial charge in [0.2, 0.25) is 5.91 Å². The number of nitrogens with one attached hydrogen (secondary N) is 1. The summed E-state index contributed by atoms with van der Waals surface area (Å²) >= 11 is 0. The van der Waals surface area contributed by atoms with E-state index < -0.39 is 11.9 Å². The largest absolute Gasteiger partial charge is 0.481 e. The SMILES string of the molecule is CCOCCC1(C(=O)NCC(C(=O)O)c2ccccc2)CCC1. The molecule has 0 aromatic heterocycles. The Morgan fingerprint density at radius 2 is 2.00 bits per heavy atom. The molecular weight excluding hydrogens is 294 g/mol. The van der Waals surface area contributed by atoms with E-state index in [0.29, 0.717) is 25.2 Å². The van der Waals surface area contributed by atoms with Crippen molar-refractivity contribution >= 4 is 11.9 Å². The quantitative estimate of drug-likeness (QED) is 0.686. The first-order chi connectivity index (χ1) is 11.1. The van der Waals surface area contributed by atoms with Gasteiger partial charge in [-0.1, -0.05) is 36.8 Å². The van der Waals surface area contributed by atoms with Crippen LogP contribution in [0.5, 0.6) is 0 Å². The van der Waals surface area contributed by atoms with E-state index in [4.69, 9.17) is 4.74 Å². The van der Waals surface area contributed by atoms with E-state index in [1.165, 1.54) is 0 Å². The average Bonchev–Trinajstić information content (AvgIpc) is 2.50. The van der Waals surface area contributed by atoms with Crippen LogP contribution < -0.4 is 5.32 Å². The molecule has 0 radical (unpaired) electrons. The van der Waals surface area contributed by atoms with Gasteiger partial charge in [-0.25, -0.2) is 0 Å². The molecule has 1 atom stereocenters. The molecule has 0 spiro atoms. The maximum atomic E-state index is 12.5.